The van der Waals surface area contributed by atoms with Gasteiger partial charge in [-0.2, -0.15) is 0 Å². The van der Waals surface area contributed by atoms with Crippen molar-refractivity contribution >= 4 is 11.9 Å². The van der Waals surface area contributed by atoms with E-state index in [0.717, 1.165) is 12.8 Å². The van der Waals surface area contributed by atoms with Gasteiger partial charge in [-0.3, -0.25) is 4.79 Å². The van der Waals surface area contributed by atoms with Crippen LogP contribution in [0.25, 0.3) is 0 Å². The van der Waals surface area contributed by atoms with Crippen LogP contribution in [-0.4, -0.2) is 32.9 Å². The van der Waals surface area contributed by atoms with Crippen LogP contribution in [0, 0.1) is 5.92 Å². The van der Waals surface area contributed by atoms with Gasteiger partial charge in [-0.1, -0.05) is 27.7 Å². The Hall–Kier alpha value is -1.10. The largest absolute Gasteiger partial charge is 0.481 e. The van der Waals surface area contributed by atoms with E-state index in [4.69, 9.17) is 15.3 Å². The number of hydrogen-bond acceptors (Lipinski definition) is 3. The van der Waals surface area contributed by atoms with Gasteiger partial charge in [0.25, 0.3) is 0 Å². The van der Waals surface area contributed by atoms with E-state index in [1.54, 1.807) is 13.8 Å². The first-order chi connectivity index (χ1) is 7.78. The van der Waals surface area contributed by atoms with Crippen LogP contribution < -0.4 is 0 Å². The van der Waals surface area contributed by atoms with Crippen LogP contribution in [0.2, 0.25) is 0 Å². The second-order valence-electron chi connectivity index (χ2n) is 3.90. The van der Waals surface area contributed by atoms with Gasteiger partial charge in [-0.25, -0.2) is 4.79 Å². The molecular formula is C12H24O5. The average Bonchev–Trinajstić information content (AvgIpc) is 2.29. The maximum Gasteiger partial charge on any atom is 0.335 e. The highest BCUT2D eigenvalue weighted by molar-refractivity contribution is 5.76. The second kappa shape index (κ2) is 8.98. The lowest BCUT2D eigenvalue weighted by atomic mass is 9.98. The van der Waals surface area contributed by atoms with Crippen LogP contribution in [0.3, 0.4) is 0 Å². The number of carbonyl (C=O) groups is 2. The monoisotopic (exact) mass is 248 g/mol. The minimum absolute atomic E-state index is 0.130. The fourth-order valence-corrected chi connectivity index (χ4v) is 1.19. The van der Waals surface area contributed by atoms with Crippen molar-refractivity contribution in [1.29, 1.82) is 0 Å². The van der Waals surface area contributed by atoms with Gasteiger partial charge in [0.2, 0.25) is 0 Å². The number of carboxylic acid groups (broad SMARTS) is 2. The Morgan fingerprint density at radius 2 is 1.35 bits per heavy atom. The molecule has 0 spiro atoms. The zero-order chi connectivity index (χ0) is 14.1. The first-order valence-corrected chi connectivity index (χ1v) is 5.97. The van der Waals surface area contributed by atoms with Crippen molar-refractivity contribution in [2.24, 2.45) is 5.92 Å². The smallest absolute Gasteiger partial charge is 0.335 e. The molecule has 0 heterocycles. The Morgan fingerprint density at radius 3 is 1.35 bits per heavy atom. The summed E-state index contributed by atoms with van der Waals surface area (Å²) >= 11 is 0. The van der Waals surface area contributed by atoms with Crippen molar-refractivity contribution in [3.05, 3.63) is 0 Å². The van der Waals surface area contributed by atoms with Crippen LogP contribution in [0.15, 0.2) is 0 Å². The van der Waals surface area contributed by atoms with Crippen LogP contribution in [0.1, 0.15) is 53.4 Å². The Labute approximate surface area is 102 Å². The summed E-state index contributed by atoms with van der Waals surface area (Å²) in [5.74, 6) is -1.93. The van der Waals surface area contributed by atoms with E-state index in [-0.39, 0.29) is 18.8 Å². The lowest BCUT2D eigenvalue weighted by Crippen LogP contribution is -2.36. The molecule has 0 fully saturated rings. The van der Waals surface area contributed by atoms with Crippen molar-refractivity contribution in [2.75, 3.05) is 0 Å². The normalized spacial score (nSPS) is 10.7. The SMILES string of the molecule is CCC(CC)C(=O)O.CCC(O)(CC)C(=O)O. The van der Waals surface area contributed by atoms with Gasteiger partial charge in [0.15, 0.2) is 5.60 Å². The molecular weight excluding hydrogens is 224 g/mol. The van der Waals surface area contributed by atoms with E-state index in [0.29, 0.717) is 0 Å². The van der Waals surface area contributed by atoms with Gasteiger partial charge < -0.3 is 15.3 Å². The molecule has 0 aromatic heterocycles. The molecule has 0 aromatic rings. The molecule has 0 saturated carbocycles. The summed E-state index contributed by atoms with van der Waals surface area (Å²) in [5.41, 5.74) is -1.50. The molecule has 0 aliphatic rings. The second-order valence-corrected chi connectivity index (χ2v) is 3.90. The summed E-state index contributed by atoms with van der Waals surface area (Å²) in [6.07, 6.45) is 2.01. The van der Waals surface area contributed by atoms with Crippen LogP contribution >= 0.6 is 0 Å². The molecule has 0 atom stereocenters. The van der Waals surface area contributed by atoms with Gasteiger partial charge in [0.05, 0.1) is 5.92 Å². The number of rotatable bonds is 6. The number of carboxylic acids is 2. The van der Waals surface area contributed by atoms with Crippen LogP contribution in [0.4, 0.5) is 0 Å². The summed E-state index contributed by atoms with van der Waals surface area (Å²) in [7, 11) is 0. The summed E-state index contributed by atoms with van der Waals surface area (Å²) in [6, 6.07) is 0. The van der Waals surface area contributed by atoms with Gasteiger partial charge >= 0.3 is 11.9 Å². The summed E-state index contributed by atoms with van der Waals surface area (Å²) in [6.45, 7) is 7.08. The highest BCUT2D eigenvalue weighted by Crippen LogP contribution is 2.13. The maximum absolute atomic E-state index is 10.2. The van der Waals surface area contributed by atoms with Crippen LogP contribution in [0.5, 0.6) is 0 Å². The average molecular weight is 248 g/mol. The fraction of sp³-hybridized carbons (Fsp3) is 0.833. The van der Waals surface area contributed by atoms with E-state index >= 15 is 0 Å². The predicted molar refractivity (Wildman–Crippen MR) is 64.9 cm³/mol. The highest BCUT2D eigenvalue weighted by Gasteiger charge is 2.30. The minimum atomic E-state index is -1.50. The Kier molecular flexibility index (Phi) is 9.66. The standard InChI is InChI=1S/C6H12O3.C6H12O2/c1-3-6(9,4-2)5(7)8;1-3-5(4-2)6(7)8/h9H,3-4H2,1-2H3,(H,7,8);5H,3-4H2,1-2H3,(H,7,8). The van der Waals surface area contributed by atoms with E-state index in [2.05, 4.69) is 0 Å². The van der Waals surface area contributed by atoms with Crippen molar-refractivity contribution in [2.45, 2.75) is 59.0 Å². The van der Waals surface area contributed by atoms with Crippen molar-refractivity contribution < 1.29 is 24.9 Å². The molecule has 0 rings (SSSR count). The van der Waals surface area contributed by atoms with E-state index < -0.39 is 17.5 Å². The molecule has 3 N–H and O–H groups in total. The maximum atomic E-state index is 10.2. The lowest BCUT2D eigenvalue weighted by Gasteiger charge is -2.18. The molecule has 0 radical (unpaired) electrons. The molecule has 5 heteroatoms. The lowest BCUT2D eigenvalue weighted by molar-refractivity contribution is -0.159. The molecule has 102 valence electrons. The zero-order valence-corrected chi connectivity index (χ0v) is 11.1. The summed E-state index contributed by atoms with van der Waals surface area (Å²) in [4.78, 5) is 20.4. The van der Waals surface area contributed by atoms with Gasteiger partial charge in [0, 0.05) is 0 Å². The summed E-state index contributed by atoms with van der Waals surface area (Å²) < 4.78 is 0. The fourth-order valence-electron chi connectivity index (χ4n) is 1.19. The molecule has 0 aliphatic carbocycles. The molecule has 0 saturated heterocycles. The van der Waals surface area contributed by atoms with Crippen molar-refractivity contribution in [3.63, 3.8) is 0 Å². The zero-order valence-electron chi connectivity index (χ0n) is 11.1. The topological polar surface area (TPSA) is 94.8 Å². The Bertz CT molecular complexity index is 229. The molecule has 0 amide bonds. The van der Waals surface area contributed by atoms with Crippen LogP contribution in [-0.2, 0) is 9.59 Å². The van der Waals surface area contributed by atoms with Crippen molar-refractivity contribution in [1.82, 2.24) is 0 Å². The molecule has 5 nitrogen and oxygen atoms in total. The summed E-state index contributed by atoms with van der Waals surface area (Å²) in [5, 5.41) is 25.9. The molecule has 0 bridgehead atoms. The van der Waals surface area contributed by atoms with Gasteiger partial charge in [0.1, 0.15) is 0 Å². The quantitative estimate of drug-likeness (QED) is 0.669. The first kappa shape index (κ1) is 18.3. The van der Waals surface area contributed by atoms with Gasteiger partial charge in [-0.15, -0.1) is 0 Å². The third kappa shape index (κ3) is 6.94. The number of aliphatic hydroxyl groups is 1. The highest BCUT2D eigenvalue weighted by atomic mass is 16.4. The molecule has 17 heavy (non-hydrogen) atoms. The van der Waals surface area contributed by atoms with E-state index in [9.17, 15) is 9.59 Å². The molecule has 0 unspecified atom stereocenters. The predicted octanol–water partition coefficient (Wildman–Crippen LogP) is 2.13. The van der Waals surface area contributed by atoms with E-state index in [1.165, 1.54) is 0 Å². The first-order valence-electron chi connectivity index (χ1n) is 5.97. The van der Waals surface area contributed by atoms with E-state index in [1.807, 2.05) is 13.8 Å². The Morgan fingerprint density at radius 1 is 1.00 bits per heavy atom. The third-order valence-electron chi connectivity index (χ3n) is 2.90. The molecule has 0 aromatic carbocycles. The van der Waals surface area contributed by atoms with Crippen molar-refractivity contribution in [3.8, 4) is 0 Å². The minimum Gasteiger partial charge on any atom is -0.481 e. The number of aliphatic carboxylic acids is 2. The third-order valence-corrected chi connectivity index (χ3v) is 2.90. The molecule has 0 aliphatic heterocycles. The number of hydrogen-bond donors (Lipinski definition) is 3. The Balaban J connectivity index is 0. The van der Waals surface area contributed by atoms with Gasteiger partial charge in [-0.05, 0) is 25.7 Å².